The van der Waals surface area contributed by atoms with Crippen molar-refractivity contribution in [1.82, 2.24) is 4.98 Å². The Morgan fingerprint density at radius 2 is 1.67 bits per heavy atom. The van der Waals surface area contributed by atoms with Gasteiger partial charge in [0.2, 0.25) is 5.91 Å². The normalized spacial score (nSPS) is 10.5. The van der Waals surface area contributed by atoms with Crippen molar-refractivity contribution in [2.75, 3.05) is 10.6 Å². The summed E-state index contributed by atoms with van der Waals surface area (Å²) in [5, 5.41) is 6.45. The lowest BCUT2D eigenvalue weighted by molar-refractivity contribution is -0.114. The molecule has 0 spiro atoms. The Morgan fingerprint density at radius 1 is 0.963 bits per heavy atom. The van der Waals surface area contributed by atoms with E-state index in [-0.39, 0.29) is 11.8 Å². The van der Waals surface area contributed by atoms with Crippen molar-refractivity contribution < 1.29 is 9.59 Å². The third-order valence-electron chi connectivity index (χ3n) is 4.09. The lowest BCUT2D eigenvalue weighted by Gasteiger charge is -2.08. The summed E-state index contributed by atoms with van der Waals surface area (Å²) in [6.45, 7) is 7.35. The largest absolute Gasteiger partial charge is 0.326 e. The van der Waals surface area contributed by atoms with Crippen LogP contribution in [0, 0.1) is 20.8 Å². The summed E-state index contributed by atoms with van der Waals surface area (Å²) in [6, 6.07) is 13.3. The Morgan fingerprint density at radius 3 is 2.30 bits per heavy atom. The van der Waals surface area contributed by atoms with Crippen LogP contribution in [-0.4, -0.2) is 16.8 Å². The summed E-state index contributed by atoms with van der Waals surface area (Å²) >= 11 is 1.47. The van der Waals surface area contributed by atoms with Crippen LogP contribution < -0.4 is 10.6 Å². The molecule has 1 aromatic heterocycles. The fourth-order valence-electron chi connectivity index (χ4n) is 2.77. The number of aromatic nitrogens is 1. The molecule has 2 amide bonds. The average molecular weight is 379 g/mol. The number of nitrogens with zero attached hydrogens (tertiary/aromatic N) is 1. The number of carbonyl (C=O) groups excluding carboxylic acids is 2. The van der Waals surface area contributed by atoms with Crippen molar-refractivity contribution >= 4 is 34.5 Å². The molecule has 3 rings (SSSR count). The summed E-state index contributed by atoms with van der Waals surface area (Å²) in [6.07, 6.45) is 0. The van der Waals surface area contributed by atoms with Crippen LogP contribution in [0.25, 0.3) is 10.6 Å². The third kappa shape index (κ3) is 4.41. The van der Waals surface area contributed by atoms with E-state index in [9.17, 15) is 9.59 Å². The van der Waals surface area contributed by atoms with Gasteiger partial charge >= 0.3 is 0 Å². The van der Waals surface area contributed by atoms with Crippen molar-refractivity contribution in [2.45, 2.75) is 27.7 Å². The standard InChI is InChI=1S/C21H21N3O2S/c1-12-5-10-18(13(2)11-12)23-20(26)19-14(3)27-21(24-19)16-6-8-17(9-7-16)22-15(4)25/h5-11H,1-4H3,(H,22,25)(H,23,26). The smallest absolute Gasteiger partial charge is 0.275 e. The van der Waals surface area contributed by atoms with Crippen molar-refractivity contribution in [3.05, 3.63) is 64.2 Å². The monoisotopic (exact) mass is 379 g/mol. The van der Waals surface area contributed by atoms with E-state index in [2.05, 4.69) is 15.6 Å². The number of hydrogen-bond donors (Lipinski definition) is 2. The number of amides is 2. The topological polar surface area (TPSA) is 71.1 Å². The highest BCUT2D eigenvalue weighted by Gasteiger charge is 2.17. The highest BCUT2D eigenvalue weighted by atomic mass is 32.1. The maximum absolute atomic E-state index is 12.7. The number of anilines is 2. The minimum absolute atomic E-state index is 0.113. The highest BCUT2D eigenvalue weighted by molar-refractivity contribution is 7.15. The predicted octanol–water partition coefficient (Wildman–Crippen LogP) is 4.95. The average Bonchev–Trinajstić information content (AvgIpc) is 2.99. The zero-order chi connectivity index (χ0) is 19.6. The van der Waals surface area contributed by atoms with Gasteiger partial charge in [0.1, 0.15) is 10.7 Å². The van der Waals surface area contributed by atoms with Crippen LogP contribution in [-0.2, 0) is 4.79 Å². The van der Waals surface area contributed by atoms with E-state index in [0.29, 0.717) is 5.69 Å². The molecule has 2 aromatic carbocycles. The first-order valence-electron chi connectivity index (χ1n) is 8.57. The molecule has 6 heteroatoms. The van der Waals surface area contributed by atoms with Crippen LogP contribution in [0.15, 0.2) is 42.5 Å². The molecule has 1 heterocycles. The number of aryl methyl sites for hydroxylation is 3. The summed E-state index contributed by atoms with van der Waals surface area (Å²) in [4.78, 5) is 29.2. The minimum Gasteiger partial charge on any atom is -0.326 e. The van der Waals surface area contributed by atoms with Crippen LogP contribution >= 0.6 is 11.3 Å². The first-order chi connectivity index (χ1) is 12.8. The number of rotatable bonds is 4. The third-order valence-corrected chi connectivity index (χ3v) is 5.11. The van der Waals surface area contributed by atoms with Crippen molar-refractivity contribution in [2.24, 2.45) is 0 Å². The van der Waals surface area contributed by atoms with Gasteiger partial charge in [0, 0.05) is 28.7 Å². The molecule has 0 atom stereocenters. The molecule has 0 bridgehead atoms. The van der Waals surface area contributed by atoms with Gasteiger partial charge in [-0.05, 0) is 56.7 Å². The number of hydrogen-bond acceptors (Lipinski definition) is 4. The van der Waals surface area contributed by atoms with Gasteiger partial charge in [-0.2, -0.15) is 0 Å². The molecule has 5 nitrogen and oxygen atoms in total. The maximum Gasteiger partial charge on any atom is 0.275 e. The summed E-state index contributed by atoms with van der Waals surface area (Å²) in [7, 11) is 0. The van der Waals surface area contributed by atoms with Gasteiger partial charge in [-0.25, -0.2) is 4.98 Å². The van der Waals surface area contributed by atoms with Gasteiger partial charge in [-0.1, -0.05) is 17.7 Å². The zero-order valence-corrected chi connectivity index (χ0v) is 16.5. The minimum atomic E-state index is -0.211. The fraction of sp³-hybridized carbons (Fsp3) is 0.190. The molecule has 0 saturated carbocycles. The molecule has 2 N–H and O–H groups in total. The van der Waals surface area contributed by atoms with E-state index >= 15 is 0 Å². The van der Waals surface area contributed by atoms with Gasteiger partial charge in [-0.3, -0.25) is 9.59 Å². The Hall–Kier alpha value is -2.99. The summed E-state index contributed by atoms with van der Waals surface area (Å²) < 4.78 is 0. The molecule has 0 saturated heterocycles. The molecule has 0 aliphatic heterocycles. The molecule has 27 heavy (non-hydrogen) atoms. The van der Waals surface area contributed by atoms with E-state index in [1.807, 2.05) is 63.2 Å². The molecule has 3 aromatic rings. The lowest BCUT2D eigenvalue weighted by Crippen LogP contribution is -2.14. The van der Waals surface area contributed by atoms with Crippen molar-refractivity contribution in [3.63, 3.8) is 0 Å². The highest BCUT2D eigenvalue weighted by Crippen LogP contribution is 2.29. The molecule has 0 aliphatic rings. The molecule has 138 valence electrons. The van der Waals surface area contributed by atoms with Gasteiger partial charge in [0.15, 0.2) is 0 Å². The maximum atomic E-state index is 12.7. The van der Waals surface area contributed by atoms with Crippen molar-refractivity contribution in [1.29, 1.82) is 0 Å². The number of benzene rings is 2. The molecule has 0 unspecified atom stereocenters. The Labute approximate surface area is 162 Å². The quantitative estimate of drug-likeness (QED) is 0.674. The van der Waals surface area contributed by atoms with Crippen LogP contribution in [0.3, 0.4) is 0 Å². The lowest BCUT2D eigenvalue weighted by atomic mass is 10.1. The number of carbonyl (C=O) groups is 2. The Bertz CT molecular complexity index is 1010. The second-order valence-corrected chi connectivity index (χ2v) is 7.66. The molecule has 0 aliphatic carbocycles. The first kappa shape index (κ1) is 18.8. The van der Waals surface area contributed by atoms with E-state index in [1.54, 1.807) is 0 Å². The van der Waals surface area contributed by atoms with Gasteiger partial charge in [0.25, 0.3) is 5.91 Å². The Balaban J connectivity index is 1.81. The Kier molecular flexibility index (Phi) is 5.37. The van der Waals surface area contributed by atoms with Crippen LogP contribution in [0.1, 0.15) is 33.4 Å². The summed E-state index contributed by atoms with van der Waals surface area (Å²) in [5.74, 6) is -0.324. The summed E-state index contributed by atoms with van der Waals surface area (Å²) in [5.41, 5.74) is 5.03. The predicted molar refractivity (Wildman–Crippen MR) is 110 cm³/mol. The van der Waals surface area contributed by atoms with Crippen LogP contribution in [0.5, 0.6) is 0 Å². The SMILES string of the molecule is CC(=O)Nc1ccc(-c2nc(C(=O)Nc3ccc(C)cc3C)c(C)s2)cc1. The number of thiazole rings is 1. The molecular formula is C21H21N3O2S. The fourth-order valence-corrected chi connectivity index (χ4v) is 3.68. The van der Waals surface area contributed by atoms with E-state index in [4.69, 9.17) is 0 Å². The molecular weight excluding hydrogens is 358 g/mol. The van der Waals surface area contributed by atoms with Gasteiger partial charge in [-0.15, -0.1) is 11.3 Å². The number of nitrogens with one attached hydrogen (secondary N) is 2. The second kappa shape index (κ2) is 7.72. The first-order valence-corrected chi connectivity index (χ1v) is 9.39. The zero-order valence-electron chi connectivity index (χ0n) is 15.7. The van der Waals surface area contributed by atoms with E-state index < -0.39 is 0 Å². The van der Waals surface area contributed by atoms with E-state index in [0.717, 1.165) is 37.9 Å². The van der Waals surface area contributed by atoms with E-state index in [1.165, 1.54) is 18.3 Å². The molecule has 0 radical (unpaired) electrons. The van der Waals surface area contributed by atoms with Gasteiger partial charge in [0.05, 0.1) is 0 Å². The van der Waals surface area contributed by atoms with Gasteiger partial charge < -0.3 is 10.6 Å². The molecule has 0 fully saturated rings. The van der Waals surface area contributed by atoms with Crippen LogP contribution in [0.2, 0.25) is 0 Å². The van der Waals surface area contributed by atoms with Crippen molar-refractivity contribution in [3.8, 4) is 10.6 Å². The second-order valence-electron chi connectivity index (χ2n) is 6.45. The van der Waals surface area contributed by atoms with Crippen LogP contribution in [0.4, 0.5) is 11.4 Å².